The Bertz CT molecular complexity index is 1340. The molecule has 2 aromatic carbocycles. The topological polar surface area (TPSA) is 93.9 Å². The van der Waals surface area contributed by atoms with Crippen molar-refractivity contribution in [1.82, 2.24) is 14.5 Å². The van der Waals surface area contributed by atoms with E-state index >= 15 is 0 Å². The first-order chi connectivity index (χ1) is 18.0. The first kappa shape index (κ1) is 24.4. The Morgan fingerprint density at radius 2 is 2.03 bits per heavy atom. The number of hydrogen-bond donors (Lipinski definition) is 1. The van der Waals surface area contributed by atoms with Gasteiger partial charge in [0.25, 0.3) is 11.7 Å². The number of amides is 1. The Hall–Kier alpha value is -4.33. The zero-order chi connectivity index (χ0) is 25.9. The summed E-state index contributed by atoms with van der Waals surface area (Å²) >= 11 is 0. The summed E-state index contributed by atoms with van der Waals surface area (Å²) in [5.41, 5.74) is 2.25. The van der Waals surface area contributed by atoms with Crippen molar-refractivity contribution in [3.8, 4) is 11.5 Å². The number of aromatic nitrogens is 2. The molecule has 1 fully saturated rings. The number of aliphatic hydroxyl groups is 1. The van der Waals surface area contributed by atoms with Crippen LogP contribution in [0.25, 0.3) is 5.76 Å². The van der Waals surface area contributed by atoms with Crippen molar-refractivity contribution in [2.75, 3.05) is 13.2 Å². The maximum Gasteiger partial charge on any atom is 0.295 e. The molecule has 190 valence electrons. The van der Waals surface area contributed by atoms with Gasteiger partial charge < -0.3 is 24.0 Å². The highest BCUT2D eigenvalue weighted by Crippen LogP contribution is 2.41. The Morgan fingerprint density at radius 3 is 2.76 bits per heavy atom. The fourth-order valence-corrected chi connectivity index (χ4v) is 4.93. The van der Waals surface area contributed by atoms with Gasteiger partial charge in [0, 0.05) is 37.5 Å². The number of hydrogen-bond acceptors (Lipinski definition) is 6. The van der Waals surface area contributed by atoms with E-state index in [0.717, 1.165) is 11.3 Å². The molecule has 5 rings (SSSR count). The van der Waals surface area contributed by atoms with E-state index in [2.05, 4.69) is 11.6 Å². The third kappa shape index (κ3) is 4.87. The minimum Gasteiger partial charge on any atom is -0.507 e. The summed E-state index contributed by atoms with van der Waals surface area (Å²) in [4.78, 5) is 32.1. The van der Waals surface area contributed by atoms with E-state index in [-0.39, 0.29) is 17.4 Å². The quantitative estimate of drug-likeness (QED) is 0.204. The number of benzene rings is 2. The van der Waals surface area contributed by atoms with E-state index in [1.807, 2.05) is 35.9 Å². The first-order valence-corrected chi connectivity index (χ1v) is 12.3. The smallest absolute Gasteiger partial charge is 0.295 e. The van der Waals surface area contributed by atoms with Crippen LogP contribution < -0.4 is 9.47 Å². The molecule has 0 radical (unpaired) electrons. The van der Waals surface area contributed by atoms with Gasteiger partial charge >= 0.3 is 0 Å². The maximum atomic E-state index is 13.3. The van der Waals surface area contributed by atoms with E-state index in [9.17, 15) is 14.7 Å². The van der Waals surface area contributed by atoms with Gasteiger partial charge in [0.05, 0.1) is 17.9 Å². The number of Topliss-reactive ketones (excluding diaryl/α,β-unsaturated/α-hetero) is 1. The van der Waals surface area contributed by atoms with Crippen LogP contribution in [-0.2, 0) is 22.6 Å². The van der Waals surface area contributed by atoms with E-state index < -0.39 is 17.7 Å². The van der Waals surface area contributed by atoms with Gasteiger partial charge in [0.15, 0.2) is 0 Å². The highest BCUT2D eigenvalue weighted by molar-refractivity contribution is 6.46. The minimum absolute atomic E-state index is 0.0512. The first-order valence-electron chi connectivity index (χ1n) is 12.3. The van der Waals surface area contributed by atoms with E-state index in [4.69, 9.17) is 9.47 Å². The summed E-state index contributed by atoms with van der Waals surface area (Å²) in [6.45, 7) is 7.00. The third-order valence-electron chi connectivity index (χ3n) is 6.65. The molecule has 8 nitrogen and oxygen atoms in total. The normalized spacial score (nSPS) is 20.1. The second-order valence-corrected chi connectivity index (χ2v) is 9.27. The Balaban J connectivity index is 1.51. The maximum absolute atomic E-state index is 13.3. The van der Waals surface area contributed by atoms with Crippen LogP contribution in [0, 0.1) is 0 Å². The molecule has 3 aromatic rings. The lowest BCUT2D eigenvalue weighted by atomic mass is 9.94. The number of ether oxygens (including phenoxy) is 2. The molecular formula is C29H29N3O5. The molecule has 2 atom stereocenters. The molecule has 1 amide bonds. The van der Waals surface area contributed by atoms with Gasteiger partial charge in [-0.05, 0) is 54.8 Å². The molecule has 2 aliphatic heterocycles. The number of aryl methyl sites for hydroxylation is 1. The monoisotopic (exact) mass is 499 g/mol. The SMILES string of the molecule is C=CCOc1ccc([C@H]2C(=C(O)c3ccc4c(c3)C[C@H](C)O4)C(=O)C(=O)N2CCCn2ccnc2)cc1. The van der Waals surface area contributed by atoms with Crippen molar-refractivity contribution < 1.29 is 24.2 Å². The van der Waals surface area contributed by atoms with Gasteiger partial charge in [0.1, 0.15) is 30.0 Å². The molecule has 1 aromatic heterocycles. The number of rotatable bonds is 9. The van der Waals surface area contributed by atoms with Crippen LogP contribution in [0.1, 0.15) is 36.1 Å². The van der Waals surface area contributed by atoms with Crippen LogP contribution in [-0.4, -0.2) is 50.5 Å². The van der Waals surface area contributed by atoms with Gasteiger partial charge in [-0.1, -0.05) is 24.8 Å². The highest BCUT2D eigenvalue weighted by atomic mass is 16.5. The van der Waals surface area contributed by atoms with E-state index in [1.54, 1.807) is 47.8 Å². The summed E-state index contributed by atoms with van der Waals surface area (Å²) in [5.74, 6) is -0.0802. The highest BCUT2D eigenvalue weighted by Gasteiger charge is 2.45. The van der Waals surface area contributed by atoms with Crippen molar-refractivity contribution >= 4 is 17.4 Å². The van der Waals surface area contributed by atoms with Gasteiger partial charge in [0.2, 0.25) is 0 Å². The lowest BCUT2D eigenvalue weighted by Crippen LogP contribution is -2.31. The Kier molecular flexibility index (Phi) is 6.81. The molecule has 1 saturated heterocycles. The fraction of sp³-hybridized carbons (Fsp3) is 0.276. The van der Waals surface area contributed by atoms with Crippen molar-refractivity contribution in [3.05, 3.63) is 96.1 Å². The van der Waals surface area contributed by atoms with Gasteiger partial charge in [-0.15, -0.1) is 0 Å². The average Bonchev–Trinajstić information content (AvgIpc) is 3.61. The van der Waals surface area contributed by atoms with Gasteiger partial charge in [-0.2, -0.15) is 0 Å². The van der Waals surface area contributed by atoms with E-state index in [0.29, 0.717) is 49.4 Å². The van der Waals surface area contributed by atoms with Crippen LogP contribution in [0.2, 0.25) is 0 Å². The molecule has 0 bridgehead atoms. The molecule has 3 heterocycles. The molecule has 1 N–H and O–H groups in total. The number of carbonyl (C=O) groups is 2. The summed E-state index contributed by atoms with van der Waals surface area (Å²) in [6.07, 6.45) is 8.31. The summed E-state index contributed by atoms with van der Waals surface area (Å²) in [7, 11) is 0. The molecular weight excluding hydrogens is 470 g/mol. The molecule has 37 heavy (non-hydrogen) atoms. The van der Waals surface area contributed by atoms with Crippen molar-refractivity contribution in [2.45, 2.75) is 38.5 Å². The minimum atomic E-state index is -0.723. The van der Waals surface area contributed by atoms with E-state index in [1.165, 1.54) is 0 Å². The zero-order valence-corrected chi connectivity index (χ0v) is 20.7. The lowest BCUT2D eigenvalue weighted by molar-refractivity contribution is -0.139. The van der Waals surface area contributed by atoms with Crippen molar-refractivity contribution in [2.24, 2.45) is 0 Å². The van der Waals surface area contributed by atoms with Crippen LogP contribution >= 0.6 is 0 Å². The standard InChI is InChI=1S/C29H29N3O5/c1-3-15-36-23-8-5-20(6-9-23)26-25(27(33)21-7-10-24-22(17-21)16-19(2)37-24)28(34)29(35)32(26)13-4-12-31-14-11-30-18-31/h3,5-11,14,17-19,26,33H,1,4,12-13,15-16H2,2H3/t19-,26-/m0/s1. The summed E-state index contributed by atoms with van der Waals surface area (Å²) in [6, 6.07) is 11.9. The second-order valence-electron chi connectivity index (χ2n) is 9.27. The molecule has 0 spiro atoms. The molecule has 0 unspecified atom stereocenters. The number of imidazole rings is 1. The van der Waals surface area contributed by atoms with Crippen LogP contribution in [0.4, 0.5) is 0 Å². The number of aliphatic hydroxyl groups excluding tert-OH is 1. The Morgan fingerprint density at radius 1 is 1.22 bits per heavy atom. The largest absolute Gasteiger partial charge is 0.507 e. The van der Waals surface area contributed by atoms with Crippen LogP contribution in [0.5, 0.6) is 11.5 Å². The predicted octanol–water partition coefficient (Wildman–Crippen LogP) is 4.28. The number of fused-ring (bicyclic) bond motifs is 1. The number of likely N-dealkylation sites (tertiary alicyclic amines) is 1. The number of carbonyl (C=O) groups excluding carboxylic acids is 2. The third-order valence-corrected chi connectivity index (χ3v) is 6.65. The van der Waals surface area contributed by atoms with Crippen molar-refractivity contribution in [1.29, 1.82) is 0 Å². The molecule has 0 aliphatic carbocycles. The number of ketones is 1. The second kappa shape index (κ2) is 10.3. The predicted molar refractivity (Wildman–Crippen MR) is 138 cm³/mol. The molecule has 0 saturated carbocycles. The van der Waals surface area contributed by atoms with Gasteiger partial charge in [-0.25, -0.2) is 4.98 Å². The summed E-state index contributed by atoms with van der Waals surface area (Å²) in [5, 5.41) is 11.4. The lowest BCUT2D eigenvalue weighted by Gasteiger charge is -2.25. The van der Waals surface area contributed by atoms with Crippen molar-refractivity contribution in [3.63, 3.8) is 0 Å². The molecule has 2 aliphatic rings. The summed E-state index contributed by atoms with van der Waals surface area (Å²) < 4.78 is 13.3. The van der Waals surface area contributed by atoms with Gasteiger partial charge in [-0.3, -0.25) is 9.59 Å². The number of nitrogens with zero attached hydrogens (tertiary/aromatic N) is 3. The zero-order valence-electron chi connectivity index (χ0n) is 20.7. The fourth-order valence-electron chi connectivity index (χ4n) is 4.93. The molecule has 8 heteroatoms. The average molecular weight is 500 g/mol. The Labute approximate surface area is 215 Å². The van der Waals surface area contributed by atoms with Crippen LogP contribution in [0.15, 0.2) is 79.4 Å². The van der Waals surface area contributed by atoms with Crippen LogP contribution in [0.3, 0.4) is 0 Å².